The van der Waals surface area contributed by atoms with Crippen LogP contribution in [0.1, 0.15) is 158 Å². The van der Waals surface area contributed by atoms with Crippen molar-refractivity contribution in [2.24, 2.45) is 0 Å². The van der Waals surface area contributed by atoms with Crippen LogP contribution in [-0.4, -0.2) is 122 Å². The molecule has 2 fully saturated rings. The largest absolute Gasteiger partial charge is 0.456 e. The molecule has 63 heavy (non-hydrogen) atoms. The van der Waals surface area contributed by atoms with Gasteiger partial charge in [-0.15, -0.1) is 0 Å². The van der Waals surface area contributed by atoms with Gasteiger partial charge in [-0.05, 0) is 12.8 Å². The van der Waals surface area contributed by atoms with Crippen LogP contribution in [0.4, 0.5) is 0 Å². The Hall–Kier alpha value is -4.36. The Kier molecular flexibility index (Phi) is 26.0. The van der Waals surface area contributed by atoms with E-state index in [0.717, 1.165) is 119 Å². The lowest BCUT2D eigenvalue weighted by molar-refractivity contribution is -0.373. The Bertz CT molecular complexity index is 1370. The predicted octanol–water partition coefficient (Wildman–Crippen LogP) is 4.56. The van der Waals surface area contributed by atoms with Crippen molar-refractivity contribution in [1.29, 1.82) is 0 Å². The van der Waals surface area contributed by atoms with Crippen LogP contribution < -0.4 is 10.6 Å². The Morgan fingerprint density at radius 3 is 0.952 bits per heavy atom. The molecule has 2 saturated heterocycles. The number of carbonyl (C=O) groups is 8. The maximum absolute atomic E-state index is 13.0. The van der Waals surface area contributed by atoms with E-state index in [9.17, 15) is 38.4 Å². The van der Waals surface area contributed by atoms with Crippen molar-refractivity contribution in [1.82, 2.24) is 10.6 Å². The minimum Gasteiger partial charge on any atom is -0.456 e. The van der Waals surface area contributed by atoms with Gasteiger partial charge >= 0.3 is 35.8 Å². The third-order valence-electron chi connectivity index (χ3n) is 10.3. The van der Waals surface area contributed by atoms with Crippen LogP contribution in [-0.2, 0) is 81.0 Å². The number of hydrogen-bond donors (Lipinski definition) is 2. The molecular weight excluding hydrogens is 828 g/mol. The molecule has 0 aromatic rings. The van der Waals surface area contributed by atoms with E-state index in [1.54, 1.807) is 0 Å². The number of esters is 6. The topological polar surface area (TPSA) is 244 Å². The molecule has 0 unspecified atom stereocenters. The zero-order chi connectivity index (χ0) is 46.9. The third-order valence-corrected chi connectivity index (χ3v) is 10.3. The van der Waals surface area contributed by atoms with Gasteiger partial charge in [-0.3, -0.25) is 38.4 Å². The SMILES string of the molecule is CCCCCCCCCC(=O)NC[C@H]1O[C@H](O[C@H]2O[C@H](CNC(=O)CCCCCCCCC)[C@@H](OC(C)=O)[C@H](OC(C)=O)[C@H]2OC(C)=O)[C@H](OC(C)=O)[C@@H](OC(C)=O)[C@@H]1OC(C)=O. The van der Waals surface area contributed by atoms with Gasteiger partial charge in [0.2, 0.25) is 24.4 Å². The lowest BCUT2D eigenvalue weighted by Gasteiger charge is -2.48. The number of amides is 2. The van der Waals surface area contributed by atoms with Crippen LogP contribution in [0, 0.1) is 0 Å². The molecule has 0 saturated carbocycles. The Morgan fingerprint density at radius 1 is 0.381 bits per heavy atom. The minimum absolute atomic E-state index is 0.195. The number of ether oxygens (including phenoxy) is 9. The number of carbonyl (C=O) groups excluding carboxylic acids is 8. The van der Waals surface area contributed by atoms with Crippen LogP contribution in [0.3, 0.4) is 0 Å². The predicted molar refractivity (Wildman–Crippen MR) is 223 cm³/mol. The first-order valence-corrected chi connectivity index (χ1v) is 22.5. The molecule has 0 aliphatic carbocycles. The third kappa shape index (κ3) is 21.2. The summed E-state index contributed by atoms with van der Waals surface area (Å²) < 4.78 is 52.4. The van der Waals surface area contributed by atoms with Crippen molar-refractivity contribution >= 4 is 47.6 Å². The number of unbranched alkanes of at least 4 members (excludes halogenated alkanes) is 12. The van der Waals surface area contributed by atoms with Crippen molar-refractivity contribution < 1.29 is 81.0 Å². The summed E-state index contributed by atoms with van der Waals surface area (Å²) in [5, 5.41) is 5.53. The molecule has 19 heteroatoms. The molecule has 19 nitrogen and oxygen atoms in total. The highest BCUT2D eigenvalue weighted by molar-refractivity contribution is 5.76. The van der Waals surface area contributed by atoms with E-state index < -0.39 is 97.2 Å². The van der Waals surface area contributed by atoms with E-state index in [1.165, 1.54) is 0 Å². The summed E-state index contributed by atoms with van der Waals surface area (Å²) in [6.07, 6.45) is -1.36. The molecule has 2 aliphatic rings. The fourth-order valence-electron chi connectivity index (χ4n) is 7.48. The normalized spacial score (nSPS) is 25.5. The van der Waals surface area contributed by atoms with Gasteiger partial charge < -0.3 is 53.3 Å². The van der Waals surface area contributed by atoms with E-state index in [4.69, 9.17) is 42.6 Å². The quantitative estimate of drug-likeness (QED) is 0.0621. The van der Waals surface area contributed by atoms with Gasteiger partial charge in [-0.2, -0.15) is 0 Å². The average molecular weight is 901 g/mol. The molecule has 2 aliphatic heterocycles. The maximum atomic E-state index is 13.0. The molecule has 2 heterocycles. The number of hydrogen-bond acceptors (Lipinski definition) is 17. The monoisotopic (exact) mass is 900 g/mol. The number of nitrogens with one attached hydrogen (secondary N) is 2. The molecule has 0 radical (unpaired) electrons. The smallest absolute Gasteiger partial charge is 0.303 e. The second-order valence-corrected chi connectivity index (χ2v) is 16.0. The summed E-state index contributed by atoms with van der Waals surface area (Å²) in [7, 11) is 0. The van der Waals surface area contributed by atoms with E-state index in [0.29, 0.717) is 12.8 Å². The molecule has 0 aromatic carbocycles. The highest BCUT2D eigenvalue weighted by Crippen LogP contribution is 2.35. The van der Waals surface area contributed by atoms with Crippen molar-refractivity contribution in [2.45, 2.75) is 220 Å². The maximum Gasteiger partial charge on any atom is 0.303 e. The molecule has 2 amide bonds. The van der Waals surface area contributed by atoms with Gasteiger partial charge in [0.05, 0.1) is 0 Å². The summed E-state index contributed by atoms with van der Waals surface area (Å²) in [6, 6.07) is 0. The van der Waals surface area contributed by atoms with Crippen molar-refractivity contribution in [3.8, 4) is 0 Å². The molecule has 0 bridgehead atoms. The molecule has 360 valence electrons. The standard InChI is InChI=1S/C44H72N2O17/c1-9-11-13-15-17-19-21-23-35(53)45-25-33-37(55-27(3)47)39(57-29(5)49)41(59-31(7)51)43(61-33)63-44-42(60-32(8)52)40(58-30(6)50)38(56-28(4)48)34(62-44)26-46-36(54)24-22-20-18-16-14-12-10-2/h33-34,37-44H,9-26H2,1-8H3,(H,45,53)(H,46,54)/t33-,34-,37-,38-,39+,40+,41-,42-,43-,44-/m1/s1. The van der Waals surface area contributed by atoms with Crippen molar-refractivity contribution in [3.63, 3.8) is 0 Å². The second kappa shape index (κ2) is 29.9. The van der Waals surface area contributed by atoms with E-state index in [1.807, 2.05) is 0 Å². The van der Waals surface area contributed by atoms with Gasteiger partial charge in [0.15, 0.2) is 36.6 Å². The molecule has 0 aromatic heterocycles. The Labute approximate surface area is 371 Å². The fourth-order valence-corrected chi connectivity index (χ4v) is 7.48. The molecule has 2 N–H and O–H groups in total. The highest BCUT2D eigenvalue weighted by atomic mass is 16.8. The Morgan fingerprint density at radius 2 is 0.651 bits per heavy atom. The molecule has 2 rings (SSSR count). The first kappa shape index (κ1) is 54.8. The van der Waals surface area contributed by atoms with Crippen LogP contribution in [0.2, 0.25) is 0 Å². The second-order valence-electron chi connectivity index (χ2n) is 16.0. The van der Waals surface area contributed by atoms with E-state index in [2.05, 4.69) is 24.5 Å². The van der Waals surface area contributed by atoms with Gasteiger partial charge in [-0.25, -0.2) is 0 Å². The minimum atomic E-state index is -1.78. The average Bonchev–Trinajstić information content (AvgIpc) is 3.19. The molecule has 10 atom stereocenters. The first-order valence-electron chi connectivity index (χ1n) is 22.5. The van der Waals surface area contributed by atoms with Crippen LogP contribution in [0.15, 0.2) is 0 Å². The molecule has 0 spiro atoms. The fraction of sp³-hybridized carbons (Fsp3) is 0.818. The summed E-state index contributed by atoms with van der Waals surface area (Å²) in [5.74, 6) is -5.82. The number of rotatable bonds is 28. The van der Waals surface area contributed by atoms with E-state index in [-0.39, 0.29) is 37.7 Å². The summed E-state index contributed by atoms with van der Waals surface area (Å²) in [4.78, 5) is 101. The summed E-state index contributed by atoms with van der Waals surface area (Å²) in [6.45, 7) is 10.2. The van der Waals surface area contributed by atoms with Gasteiger partial charge in [0.1, 0.15) is 12.2 Å². The van der Waals surface area contributed by atoms with Crippen LogP contribution >= 0.6 is 0 Å². The van der Waals surface area contributed by atoms with Gasteiger partial charge in [-0.1, -0.05) is 90.9 Å². The Balaban J connectivity index is 2.51. The first-order chi connectivity index (χ1) is 30.0. The van der Waals surface area contributed by atoms with Crippen molar-refractivity contribution in [3.05, 3.63) is 0 Å². The highest BCUT2D eigenvalue weighted by Gasteiger charge is 2.57. The summed E-state index contributed by atoms with van der Waals surface area (Å²) in [5.41, 5.74) is 0. The molecular formula is C44H72N2O17. The van der Waals surface area contributed by atoms with Crippen LogP contribution in [0.25, 0.3) is 0 Å². The lowest BCUT2D eigenvalue weighted by Crippen LogP contribution is -2.67. The summed E-state index contributed by atoms with van der Waals surface area (Å²) >= 11 is 0. The van der Waals surface area contributed by atoms with Crippen LogP contribution in [0.5, 0.6) is 0 Å². The van der Waals surface area contributed by atoms with E-state index >= 15 is 0 Å². The lowest BCUT2D eigenvalue weighted by atomic mass is 9.96. The van der Waals surface area contributed by atoms with Gasteiger partial charge in [0, 0.05) is 67.5 Å². The van der Waals surface area contributed by atoms with Gasteiger partial charge in [0.25, 0.3) is 0 Å². The zero-order valence-electron chi connectivity index (χ0n) is 38.4. The van der Waals surface area contributed by atoms with Crippen molar-refractivity contribution in [2.75, 3.05) is 13.1 Å². The zero-order valence-corrected chi connectivity index (χ0v) is 38.4.